The molecule has 11 heavy (non-hydrogen) atoms. The quantitative estimate of drug-likeness (QED) is 0.648. The number of carbonyl (C=O) groups excluding carboxylic acids is 1. The van der Waals surface area contributed by atoms with Crippen LogP contribution in [0, 0.1) is 0 Å². The summed E-state index contributed by atoms with van der Waals surface area (Å²) in [5.74, 6) is -0.756. The Morgan fingerprint density at radius 3 is 3.00 bits per heavy atom. The highest BCUT2D eigenvalue weighted by Crippen LogP contribution is 2.11. The maximum atomic E-state index is 10.6. The van der Waals surface area contributed by atoms with Gasteiger partial charge >= 0.3 is 0 Å². The molecular weight excluding hydrogens is 168 g/mol. The molecule has 0 atom stereocenters. The lowest BCUT2D eigenvalue weighted by molar-refractivity contribution is 0.0995. The largest absolute Gasteiger partial charge is 0.397 e. The Bertz CT molecular complexity index is 318. The maximum absolute atomic E-state index is 10.6. The molecule has 6 heteroatoms. The van der Waals surface area contributed by atoms with Crippen LogP contribution in [0.4, 0.5) is 5.69 Å². The predicted molar refractivity (Wildman–Crippen MR) is 40.0 cm³/mol. The van der Waals surface area contributed by atoms with Crippen LogP contribution in [0.5, 0.6) is 0 Å². The van der Waals surface area contributed by atoms with E-state index in [1.165, 1.54) is 6.07 Å². The van der Waals surface area contributed by atoms with Crippen molar-refractivity contribution < 1.29 is 6.21 Å². The fourth-order valence-corrected chi connectivity index (χ4v) is 0.697. The number of anilines is 1. The fourth-order valence-electron chi connectivity index (χ4n) is 0.550. The van der Waals surface area contributed by atoms with E-state index in [1.807, 2.05) is 5.73 Å². The molecule has 1 aromatic heterocycles. The highest BCUT2D eigenvalue weighted by Gasteiger charge is 2.07. The molecule has 1 heterocycles. The highest BCUT2D eigenvalue weighted by molar-refractivity contribution is 6.29. The summed E-state index contributed by atoms with van der Waals surface area (Å²) < 4.78 is 6.79. The van der Waals surface area contributed by atoms with Crippen LogP contribution < -0.4 is 11.5 Å². The summed E-state index contributed by atoms with van der Waals surface area (Å²) in [6, 6.07) is 1.29. The second-order valence-corrected chi connectivity index (χ2v) is 2.18. The average Bonchev–Trinajstić information content (AvgIpc) is 2.03. The molecule has 1 amide bonds. The van der Waals surface area contributed by atoms with Crippen molar-refractivity contribution in [2.45, 2.75) is 0 Å². The van der Waals surface area contributed by atoms with E-state index in [0.29, 0.717) is 0 Å². The second-order valence-electron chi connectivity index (χ2n) is 1.79. The number of hydrogen-bond donors (Lipinski definition) is 2. The molecule has 4 N–H and O–H groups in total. The van der Waals surface area contributed by atoms with Crippen LogP contribution in [0.1, 0.15) is 10.5 Å². The van der Waals surface area contributed by atoms with Gasteiger partial charge in [0.15, 0.2) is 12.3 Å². The molecule has 0 unspecified atom stereocenters. The number of nitrogens with zero attached hydrogens (tertiary/aromatic N) is 2. The molecule has 0 saturated carbocycles. The zero-order valence-corrected chi connectivity index (χ0v) is 6.09. The molecular formula is C5H5ClN4O. The molecule has 0 saturated heterocycles. The third kappa shape index (κ3) is 1.56. The van der Waals surface area contributed by atoms with Crippen molar-refractivity contribution in [1.29, 1.82) is 0 Å². The Labute approximate surface area is 68.8 Å². The van der Waals surface area contributed by atoms with E-state index in [0.717, 1.165) is 0 Å². The minimum absolute atomic E-state index is 0.0924. The number of aromatic nitrogens is 2. The Kier molecular flexibility index (Phi) is 1.57. The van der Waals surface area contributed by atoms with Gasteiger partial charge in [0.05, 0.1) is 5.69 Å². The van der Waals surface area contributed by atoms with Crippen molar-refractivity contribution in [3.8, 4) is 0 Å². The van der Waals surface area contributed by atoms with Gasteiger partial charge in [0.25, 0.3) is 5.91 Å². The number of hydrogen-bond acceptors (Lipinski definition) is 4. The van der Waals surface area contributed by atoms with E-state index in [2.05, 4.69) is 10.2 Å². The molecule has 5 nitrogen and oxygen atoms in total. The van der Waals surface area contributed by atoms with Crippen LogP contribution in [0.3, 0.4) is 0 Å². The van der Waals surface area contributed by atoms with E-state index in [9.17, 15) is 4.79 Å². The summed E-state index contributed by atoms with van der Waals surface area (Å²) in [7, 11) is 0. The first-order valence-corrected chi connectivity index (χ1v) is 3.03. The smallest absolute Gasteiger partial charge is 0.271 e. The predicted octanol–water partition coefficient (Wildman–Crippen LogP) is -0.189. The van der Waals surface area contributed by atoms with E-state index >= 15 is 0 Å². The van der Waals surface area contributed by atoms with Gasteiger partial charge < -0.3 is 11.5 Å². The van der Waals surface area contributed by atoms with E-state index in [-0.39, 0.29) is 16.5 Å². The zero-order valence-electron chi connectivity index (χ0n) is 6.34. The lowest BCUT2D eigenvalue weighted by Crippen LogP contribution is -2.16. The average molecular weight is 174 g/mol. The molecule has 0 aliphatic carbocycles. The first-order valence-electron chi connectivity index (χ1n) is 3.16. The van der Waals surface area contributed by atoms with Gasteiger partial charge in [-0.05, 0) is 0 Å². The fraction of sp³-hybridized carbons (Fsp3) is 0. The van der Waals surface area contributed by atoms with Gasteiger partial charge in [-0.25, -0.2) is 0 Å². The highest BCUT2D eigenvalue weighted by atomic mass is 35.5. The van der Waals surface area contributed by atoms with Gasteiger partial charge in [-0.1, -0.05) is 11.6 Å². The van der Waals surface area contributed by atoms with Gasteiger partial charge in [0, 0.05) is 6.07 Å². The van der Waals surface area contributed by atoms with E-state index < -0.39 is 5.91 Å². The SMILES string of the molecule is [2H]Nc1cc(Cl)nnc1C(N)=O. The number of nitrogen functional groups attached to an aromatic ring is 1. The molecule has 1 aromatic rings. The number of carbonyl (C=O) groups is 1. The number of nitrogens with two attached hydrogens (primary N) is 2. The van der Waals surface area contributed by atoms with Crippen molar-refractivity contribution in [3.05, 3.63) is 16.9 Å². The monoisotopic (exact) mass is 173 g/mol. The molecule has 0 fully saturated rings. The molecule has 58 valence electrons. The van der Waals surface area contributed by atoms with E-state index in [4.69, 9.17) is 18.7 Å². The topological polar surface area (TPSA) is 94.9 Å². The van der Waals surface area contributed by atoms with Crippen molar-refractivity contribution in [1.82, 2.24) is 10.2 Å². The van der Waals surface area contributed by atoms with Gasteiger partial charge in [0.2, 0.25) is 0 Å². The standard InChI is InChI=1S/C5H5ClN4O/c6-3-1-2(7)4(5(8)11)10-9-3/h1H,(H2,7,9)(H2,8,11)/i/hD. The lowest BCUT2D eigenvalue weighted by atomic mass is 10.3. The molecule has 1 rings (SSSR count). The molecule has 0 spiro atoms. The van der Waals surface area contributed by atoms with Gasteiger partial charge in [0.1, 0.15) is 0 Å². The van der Waals surface area contributed by atoms with Crippen molar-refractivity contribution in [2.24, 2.45) is 5.73 Å². The van der Waals surface area contributed by atoms with Crippen LogP contribution in [-0.4, -0.2) is 16.1 Å². The molecule has 0 bridgehead atoms. The van der Waals surface area contributed by atoms with Gasteiger partial charge in [-0.3, -0.25) is 4.79 Å². The number of amides is 1. The minimum atomic E-state index is -0.756. The Morgan fingerprint density at radius 2 is 2.45 bits per heavy atom. The van der Waals surface area contributed by atoms with Crippen LogP contribution in [0.25, 0.3) is 0 Å². The van der Waals surface area contributed by atoms with Crippen molar-refractivity contribution >= 4 is 23.2 Å². The van der Waals surface area contributed by atoms with Crippen LogP contribution in [0.15, 0.2) is 6.07 Å². The van der Waals surface area contributed by atoms with Crippen molar-refractivity contribution in [2.75, 3.05) is 5.73 Å². The Hall–Kier alpha value is -1.36. The lowest BCUT2D eigenvalue weighted by Gasteiger charge is -1.97. The first kappa shape index (κ1) is 6.36. The summed E-state index contributed by atoms with van der Waals surface area (Å²) in [6.45, 7) is 0. The summed E-state index contributed by atoms with van der Waals surface area (Å²) >= 11 is 5.45. The van der Waals surface area contributed by atoms with Gasteiger partial charge in [-0.15, -0.1) is 10.2 Å². The van der Waals surface area contributed by atoms with E-state index in [1.54, 1.807) is 0 Å². The zero-order chi connectivity index (χ0) is 9.14. The normalized spacial score (nSPS) is 10.5. The third-order valence-electron chi connectivity index (χ3n) is 0.997. The maximum Gasteiger partial charge on any atom is 0.271 e. The molecule has 0 radical (unpaired) electrons. The molecule has 0 aromatic carbocycles. The Morgan fingerprint density at radius 1 is 1.73 bits per heavy atom. The number of rotatable bonds is 2. The van der Waals surface area contributed by atoms with Gasteiger partial charge in [-0.2, -0.15) is 0 Å². The Balaban J connectivity index is 3.20. The number of primary amides is 1. The van der Waals surface area contributed by atoms with Crippen LogP contribution >= 0.6 is 11.6 Å². The summed E-state index contributed by atoms with van der Waals surface area (Å²) in [4.78, 5) is 10.6. The third-order valence-corrected chi connectivity index (χ3v) is 1.18. The molecule has 0 aliphatic heterocycles. The van der Waals surface area contributed by atoms with Crippen LogP contribution in [0.2, 0.25) is 6.56 Å². The summed E-state index contributed by atoms with van der Waals surface area (Å²) in [5, 5.41) is 6.90. The summed E-state index contributed by atoms with van der Waals surface area (Å²) in [5.41, 5.74) is 6.95. The minimum Gasteiger partial charge on any atom is -0.397 e. The number of halogens is 1. The summed E-state index contributed by atoms with van der Waals surface area (Å²) in [6.07, 6.45) is 0. The van der Waals surface area contributed by atoms with Crippen molar-refractivity contribution in [3.63, 3.8) is 0 Å². The second kappa shape index (κ2) is 2.71. The van der Waals surface area contributed by atoms with Crippen LogP contribution in [-0.2, 0) is 0 Å². The molecule has 0 aliphatic rings. The first-order chi connectivity index (χ1) is 5.65.